The molecule has 1 unspecified atom stereocenters. The molecule has 1 atom stereocenters. The number of pyridine rings is 1. The predicted molar refractivity (Wildman–Crippen MR) is 122 cm³/mol. The molecule has 5 rings (SSSR count). The van der Waals surface area contributed by atoms with Crippen molar-refractivity contribution < 1.29 is 32.5 Å². The number of likely N-dealkylation sites (tertiary alicyclic amines) is 1. The molecule has 3 aromatic rings. The van der Waals surface area contributed by atoms with Gasteiger partial charge in [0, 0.05) is 41.8 Å². The molecule has 1 saturated heterocycles. The minimum atomic E-state index is -4.50. The summed E-state index contributed by atoms with van der Waals surface area (Å²) < 4.78 is 61.5. The molecule has 0 aromatic carbocycles. The summed E-state index contributed by atoms with van der Waals surface area (Å²) in [6, 6.07) is 2.67. The van der Waals surface area contributed by atoms with Gasteiger partial charge in [-0.05, 0) is 37.0 Å². The van der Waals surface area contributed by atoms with Crippen LogP contribution in [0.4, 0.5) is 17.6 Å². The Kier molecular flexibility index (Phi) is 6.90. The molecule has 7 nitrogen and oxygen atoms in total. The Morgan fingerprint density at radius 1 is 1.19 bits per heavy atom. The maximum atomic E-state index is 13.6. The van der Waals surface area contributed by atoms with Gasteiger partial charge in [-0.1, -0.05) is 0 Å². The number of fused-ring (bicyclic) bond motifs is 2. The molecule has 0 amide bonds. The van der Waals surface area contributed by atoms with Crippen LogP contribution < -0.4 is 0 Å². The van der Waals surface area contributed by atoms with Gasteiger partial charge in [0.25, 0.3) is 0 Å². The normalized spacial score (nSPS) is 18.9. The quantitative estimate of drug-likeness (QED) is 0.476. The largest absolute Gasteiger partial charge is 0.425 e. The van der Waals surface area contributed by atoms with E-state index in [1.54, 1.807) is 10.9 Å². The Morgan fingerprint density at radius 2 is 1.97 bits per heavy atom. The Labute approximate surface area is 209 Å². The van der Waals surface area contributed by atoms with Crippen molar-refractivity contribution in [2.24, 2.45) is 0 Å². The van der Waals surface area contributed by atoms with Crippen LogP contribution in [0, 0.1) is 5.82 Å². The van der Waals surface area contributed by atoms with E-state index >= 15 is 0 Å². The molecule has 2 N–H and O–H groups in total. The van der Waals surface area contributed by atoms with E-state index in [0.29, 0.717) is 61.6 Å². The van der Waals surface area contributed by atoms with Crippen LogP contribution in [-0.2, 0) is 42.6 Å². The molecular weight excluding hydrogens is 500 g/mol. The summed E-state index contributed by atoms with van der Waals surface area (Å²) in [5, 5.41) is 24.3. The van der Waals surface area contributed by atoms with Crippen molar-refractivity contribution >= 4 is 11.3 Å². The second-order valence-electron chi connectivity index (χ2n) is 9.23. The van der Waals surface area contributed by atoms with Gasteiger partial charge in [0.1, 0.15) is 22.4 Å². The third-order valence-electron chi connectivity index (χ3n) is 6.88. The van der Waals surface area contributed by atoms with Gasteiger partial charge in [-0.25, -0.2) is 4.39 Å². The molecule has 0 aliphatic carbocycles. The maximum absolute atomic E-state index is 13.6. The van der Waals surface area contributed by atoms with Crippen LogP contribution >= 0.6 is 11.3 Å². The zero-order chi connectivity index (χ0) is 25.5. The van der Waals surface area contributed by atoms with Gasteiger partial charge in [-0.3, -0.25) is 14.6 Å². The van der Waals surface area contributed by atoms with E-state index in [1.807, 2.05) is 6.20 Å². The zero-order valence-electron chi connectivity index (χ0n) is 19.3. The molecule has 2 aliphatic heterocycles. The number of alkyl halides is 3. The molecule has 0 bridgehead atoms. The lowest BCUT2D eigenvalue weighted by molar-refractivity contribution is -0.135. The number of piperidine rings is 1. The maximum Gasteiger partial charge on any atom is 0.425 e. The first-order valence-electron chi connectivity index (χ1n) is 11.7. The van der Waals surface area contributed by atoms with E-state index < -0.39 is 35.2 Å². The van der Waals surface area contributed by atoms with E-state index in [4.69, 9.17) is 4.74 Å². The molecule has 3 aromatic heterocycles. The van der Waals surface area contributed by atoms with Crippen LogP contribution in [-0.4, -0.2) is 49.6 Å². The lowest BCUT2D eigenvalue weighted by Gasteiger charge is -2.43. The van der Waals surface area contributed by atoms with Gasteiger partial charge in [-0.2, -0.15) is 18.3 Å². The first-order valence-corrected chi connectivity index (χ1v) is 12.5. The van der Waals surface area contributed by atoms with Crippen LogP contribution in [0.15, 0.2) is 30.7 Å². The van der Waals surface area contributed by atoms with E-state index in [1.165, 1.54) is 12.1 Å². The monoisotopic (exact) mass is 526 g/mol. The number of hydrogen-bond donors (Lipinski definition) is 2. The smallest absolute Gasteiger partial charge is 0.392 e. The number of aromatic nitrogens is 3. The fourth-order valence-electron chi connectivity index (χ4n) is 5.09. The van der Waals surface area contributed by atoms with Gasteiger partial charge < -0.3 is 14.9 Å². The topological polar surface area (TPSA) is 83.6 Å². The average molecular weight is 527 g/mol. The summed E-state index contributed by atoms with van der Waals surface area (Å²) >= 11 is 0.720. The molecule has 5 heterocycles. The summed E-state index contributed by atoms with van der Waals surface area (Å²) in [7, 11) is 0. The van der Waals surface area contributed by atoms with Gasteiger partial charge in [0.2, 0.25) is 0 Å². The van der Waals surface area contributed by atoms with Crippen molar-refractivity contribution in [2.45, 2.75) is 56.8 Å². The summed E-state index contributed by atoms with van der Waals surface area (Å²) in [6.45, 7) is 1.77. The first kappa shape index (κ1) is 25.3. The molecule has 1 spiro atoms. The Bertz CT molecular complexity index is 1200. The second kappa shape index (κ2) is 9.82. The van der Waals surface area contributed by atoms with Crippen molar-refractivity contribution in [3.63, 3.8) is 0 Å². The predicted octanol–water partition coefficient (Wildman–Crippen LogP) is 3.79. The van der Waals surface area contributed by atoms with Crippen LogP contribution in [0.25, 0.3) is 0 Å². The van der Waals surface area contributed by atoms with E-state index in [0.717, 1.165) is 23.1 Å². The third-order valence-corrected chi connectivity index (χ3v) is 8.39. The number of aliphatic hydroxyl groups excluding tert-OH is 2. The zero-order valence-corrected chi connectivity index (χ0v) is 20.2. The van der Waals surface area contributed by atoms with Crippen LogP contribution in [0.2, 0.25) is 0 Å². The second-order valence-corrected chi connectivity index (χ2v) is 10.3. The molecule has 36 heavy (non-hydrogen) atoms. The third kappa shape index (κ3) is 4.92. The van der Waals surface area contributed by atoms with Gasteiger partial charge in [0.05, 0.1) is 37.8 Å². The molecule has 2 aliphatic rings. The van der Waals surface area contributed by atoms with Crippen LogP contribution in [0.3, 0.4) is 0 Å². The summed E-state index contributed by atoms with van der Waals surface area (Å²) in [5.41, 5.74) is 1.14. The van der Waals surface area contributed by atoms with Crippen molar-refractivity contribution in [3.05, 3.63) is 68.7 Å². The van der Waals surface area contributed by atoms with Gasteiger partial charge in [0.15, 0.2) is 0 Å². The van der Waals surface area contributed by atoms with Gasteiger partial charge >= 0.3 is 6.18 Å². The Morgan fingerprint density at radius 3 is 2.64 bits per heavy atom. The van der Waals surface area contributed by atoms with E-state index in [9.17, 15) is 27.8 Å². The number of thiophene rings is 1. The van der Waals surface area contributed by atoms with Gasteiger partial charge in [-0.15, -0.1) is 11.3 Å². The standard InChI is InChI=1S/C24H26F4N4O3S/c25-16-1-2-19(29-10-16)20(34)13-32-12-15(9-30-32)11-31-6-4-23(5-7-31)21-17(3-8-35-23)18(14-33)22(36-21)24(26,27)28/h1-2,9-10,12,20,33-34H,3-8,11,13-14H2. The van der Waals surface area contributed by atoms with E-state index in [-0.39, 0.29) is 12.1 Å². The first-order chi connectivity index (χ1) is 17.2. The highest BCUT2D eigenvalue weighted by Gasteiger charge is 2.47. The summed E-state index contributed by atoms with van der Waals surface area (Å²) in [4.78, 5) is 6.00. The minimum absolute atomic E-state index is 0.00181. The van der Waals surface area contributed by atoms with Crippen molar-refractivity contribution in [2.75, 3.05) is 19.7 Å². The number of nitrogens with zero attached hydrogens (tertiary/aromatic N) is 4. The minimum Gasteiger partial charge on any atom is -0.392 e. The fraction of sp³-hybridized carbons (Fsp3) is 0.500. The van der Waals surface area contributed by atoms with Crippen molar-refractivity contribution in [3.8, 4) is 0 Å². The lowest BCUT2D eigenvalue weighted by Crippen LogP contribution is -2.45. The highest BCUT2D eigenvalue weighted by atomic mass is 32.1. The SMILES string of the molecule is OCc1c(C(F)(F)F)sc2c1CCOC21CCN(Cc2cnn(CC(O)c3ccc(F)cn3)c2)CC1. The highest BCUT2D eigenvalue weighted by Crippen LogP contribution is 2.50. The van der Waals surface area contributed by atoms with E-state index in [2.05, 4.69) is 15.0 Å². The average Bonchev–Trinajstić information content (AvgIpc) is 3.46. The summed E-state index contributed by atoms with van der Waals surface area (Å²) in [5.74, 6) is -0.473. The van der Waals surface area contributed by atoms with Crippen LogP contribution in [0.1, 0.15) is 51.1 Å². The van der Waals surface area contributed by atoms with Crippen LogP contribution in [0.5, 0.6) is 0 Å². The molecule has 1 fully saturated rings. The lowest BCUT2D eigenvalue weighted by atomic mass is 9.84. The van der Waals surface area contributed by atoms with Crippen molar-refractivity contribution in [1.82, 2.24) is 19.7 Å². The number of rotatable bonds is 6. The Balaban J connectivity index is 1.23. The van der Waals surface area contributed by atoms with Crippen molar-refractivity contribution in [1.29, 1.82) is 0 Å². The molecule has 0 saturated carbocycles. The number of halogens is 4. The molecule has 12 heteroatoms. The highest BCUT2D eigenvalue weighted by molar-refractivity contribution is 7.12. The number of ether oxygens (including phenoxy) is 1. The number of hydrogen-bond acceptors (Lipinski definition) is 7. The Hall–Kier alpha value is -2.38. The summed E-state index contributed by atoms with van der Waals surface area (Å²) in [6.07, 6.45) is 0.672. The molecule has 194 valence electrons. The molecular formula is C24H26F4N4O3S. The number of aliphatic hydroxyl groups is 2. The molecule has 0 radical (unpaired) electrons. The fourth-order valence-corrected chi connectivity index (χ4v) is 6.52.